The highest BCUT2D eigenvalue weighted by Crippen LogP contribution is 2.19. The highest BCUT2D eigenvalue weighted by Gasteiger charge is 2.14. The predicted octanol–water partition coefficient (Wildman–Crippen LogP) is 2.17. The zero-order chi connectivity index (χ0) is 11.9. The Bertz CT molecular complexity index is 315. The molecule has 1 aromatic rings. The van der Waals surface area contributed by atoms with Crippen LogP contribution >= 0.6 is 0 Å². The van der Waals surface area contributed by atoms with Crippen LogP contribution in [0.15, 0.2) is 24.3 Å². The van der Waals surface area contributed by atoms with Gasteiger partial charge in [0.25, 0.3) is 0 Å². The van der Waals surface area contributed by atoms with Crippen molar-refractivity contribution >= 4 is 0 Å². The summed E-state index contributed by atoms with van der Waals surface area (Å²) in [5, 5.41) is 8.66. The first kappa shape index (κ1) is 12.4. The molecule has 0 radical (unpaired) electrons. The fraction of sp³-hybridized carbons (Fsp3) is 0.571. The molecule has 1 atom stereocenters. The molecule has 1 aliphatic rings. The Morgan fingerprint density at radius 2 is 2.06 bits per heavy atom. The van der Waals surface area contributed by atoms with Crippen molar-refractivity contribution in [1.82, 2.24) is 0 Å². The van der Waals surface area contributed by atoms with E-state index < -0.39 is 0 Å². The molecule has 0 bridgehead atoms. The molecule has 0 aliphatic carbocycles. The Hall–Kier alpha value is -1.06. The number of hydrogen-bond donors (Lipinski definition) is 1. The zero-order valence-electron chi connectivity index (χ0n) is 10.1. The first-order chi connectivity index (χ1) is 8.38. The van der Waals surface area contributed by atoms with Crippen molar-refractivity contribution in [1.29, 1.82) is 0 Å². The second kappa shape index (κ2) is 6.62. The average molecular weight is 236 g/mol. The number of ether oxygens (including phenoxy) is 2. The highest BCUT2D eigenvalue weighted by atomic mass is 16.5. The normalized spacial score (nSPS) is 20.2. The third kappa shape index (κ3) is 4.02. The van der Waals surface area contributed by atoms with Gasteiger partial charge in [-0.2, -0.15) is 0 Å². The largest absolute Gasteiger partial charge is 0.491 e. The number of aliphatic hydroxyl groups is 1. The van der Waals surface area contributed by atoms with Crippen LogP contribution in [0.2, 0.25) is 0 Å². The standard InChI is InChI=1S/C14H20O3/c15-8-10-17-13-6-4-12(5-7-13)11-14-3-1-2-9-16-14/h4-7,14-15H,1-3,8-11H2. The predicted molar refractivity (Wildman–Crippen MR) is 66.3 cm³/mol. The lowest BCUT2D eigenvalue weighted by Gasteiger charge is -2.22. The molecule has 94 valence electrons. The summed E-state index contributed by atoms with van der Waals surface area (Å²) in [6.07, 6.45) is 5.02. The van der Waals surface area contributed by atoms with Gasteiger partial charge < -0.3 is 14.6 Å². The van der Waals surface area contributed by atoms with E-state index in [-0.39, 0.29) is 6.61 Å². The Labute approximate surface area is 102 Å². The highest BCUT2D eigenvalue weighted by molar-refractivity contribution is 5.27. The summed E-state index contributed by atoms with van der Waals surface area (Å²) in [7, 11) is 0. The van der Waals surface area contributed by atoms with E-state index in [9.17, 15) is 0 Å². The van der Waals surface area contributed by atoms with E-state index in [0.717, 1.165) is 18.8 Å². The Morgan fingerprint density at radius 3 is 2.71 bits per heavy atom. The molecule has 3 heteroatoms. The maximum Gasteiger partial charge on any atom is 0.119 e. The number of rotatable bonds is 5. The molecule has 0 amide bonds. The minimum absolute atomic E-state index is 0.0532. The summed E-state index contributed by atoms with van der Waals surface area (Å²) >= 11 is 0. The van der Waals surface area contributed by atoms with Crippen LogP contribution in [0.4, 0.5) is 0 Å². The Kier molecular flexibility index (Phi) is 4.83. The van der Waals surface area contributed by atoms with Crippen LogP contribution in [0, 0.1) is 0 Å². The van der Waals surface area contributed by atoms with Gasteiger partial charge in [0, 0.05) is 6.61 Å². The van der Waals surface area contributed by atoms with Crippen molar-refractivity contribution in [2.24, 2.45) is 0 Å². The van der Waals surface area contributed by atoms with Gasteiger partial charge in [-0.05, 0) is 43.4 Å². The van der Waals surface area contributed by atoms with Crippen molar-refractivity contribution in [2.45, 2.75) is 31.8 Å². The molecule has 1 N–H and O–H groups in total. The Morgan fingerprint density at radius 1 is 1.24 bits per heavy atom. The van der Waals surface area contributed by atoms with Crippen molar-refractivity contribution in [3.8, 4) is 5.75 Å². The van der Waals surface area contributed by atoms with Crippen LogP contribution in [0.1, 0.15) is 24.8 Å². The van der Waals surface area contributed by atoms with Gasteiger partial charge in [0.05, 0.1) is 12.7 Å². The molecule has 3 nitrogen and oxygen atoms in total. The lowest BCUT2D eigenvalue weighted by molar-refractivity contribution is 0.0168. The maximum atomic E-state index is 8.66. The summed E-state index contributed by atoms with van der Waals surface area (Å²) in [6, 6.07) is 8.05. The molecular formula is C14H20O3. The molecule has 17 heavy (non-hydrogen) atoms. The molecule has 0 saturated carbocycles. The Balaban J connectivity index is 1.84. The average Bonchev–Trinajstić information content (AvgIpc) is 2.39. The van der Waals surface area contributed by atoms with E-state index in [1.54, 1.807) is 0 Å². The number of aliphatic hydroxyl groups excluding tert-OH is 1. The fourth-order valence-electron chi connectivity index (χ4n) is 2.12. The fourth-order valence-corrected chi connectivity index (χ4v) is 2.12. The van der Waals surface area contributed by atoms with Gasteiger partial charge in [0.1, 0.15) is 12.4 Å². The van der Waals surface area contributed by atoms with Gasteiger partial charge in [0.2, 0.25) is 0 Å². The first-order valence-corrected chi connectivity index (χ1v) is 6.32. The molecule has 1 heterocycles. The molecule has 1 fully saturated rings. The summed E-state index contributed by atoms with van der Waals surface area (Å²) in [5.74, 6) is 0.812. The first-order valence-electron chi connectivity index (χ1n) is 6.32. The van der Waals surface area contributed by atoms with Gasteiger partial charge in [0.15, 0.2) is 0 Å². The van der Waals surface area contributed by atoms with E-state index in [4.69, 9.17) is 14.6 Å². The molecule has 0 spiro atoms. The summed E-state index contributed by atoms with van der Waals surface area (Å²) in [5.41, 5.74) is 1.29. The molecule has 2 rings (SSSR count). The second-order valence-corrected chi connectivity index (χ2v) is 4.41. The monoisotopic (exact) mass is 236 g/mol. The van der Waals surface area contributed by atoms with Crippen LogP contribution in [-0.2, 0) is 11.2 Å². The SMILES string of the molecule is OCCOc1ccc(CC2CCCCO2)cc1. The van der Waals surface area contributed by atoms with Crippen molar-refractivity contribution in [2.75, 3.05) is 19.8 Å². The number of hydrogen-bond acceptors (Lipinski definition) is 3. The maximum absolute atomic E-state index is 8.66. The molecule has 1 aliphatic heterocycles. The molecular weight excluding hydrogens is 216 g/mol. The van der Waals surface area contributed by atoms with Crippen LogP contribution in [0.5, 0.6) is 5.75 Å². The van der Waals surface area contributed by atoms with Crippen LogP contribution in [-0.4, -0.2) is 31.0 Å². The van der Waals surface area contributed by atoms with Crippen LogP contribution in [0.25, 0.3) is 0 Å². The van der Waals surface area contributed by atoms with E-state index in [0.29, 0.717) is 12.7 Å². The van der Waals surface area contributed by atoms with Crippen molar-refractivity contribution in [3.05, 3.63) is 29.8 Å². The molecule has 1 unspecified atom stereocenters. The van der Waals surface area contributed by atoms with Gasteiger partial charge in [-0.3, -0.25) is 0 Å². The van der Waals surface area contributed by atoms with E-state index in [1.807, 2.05) is 12.1 Å². The van der Waals surface area contributed by atoms with Crippen LogP contribution in [0.3, 0.4) is 0 Å². The van der Waals surface area contributed by atoms with E-state index in [2.05, 4.69) is 12.1 Å². The summed E-state index contributed by atoms with van der Waals surface area (Å²) in [4.78, 5) is 0. The summed E-state index contributed by atoms with van der Waals surface area (Å²) in [6.45, 7) is 1.31. The number of benzene rings is 1. The smallest absolute Gasteiger partial charge is 0.119 e. The minimum Gasteiger partial charge on any atom is -0.491 e. The third-order valence-electron chi connectivity index (χ3n) is 3.02. The second-order valence-electron chi connectivity index (χ2n) is 4.41. The van der Waals surface area contributed by atoms with Gasteiger partial charge >= 0.3 is 0 Å². The molecule has 1 saturated heterocycles. The summed E-state index contributed by atoms with van der Waals surface area (Å²) < 4.78 is 11.0. The van der Waals surface area contributed by atoms with Crippen molar-refractivity contribution in [3.63, 3.8) is 0 Å². The minimum atomic E-state index is 0.0532. The lowest BCUT2D eigenvalue weighted by atomic mass is 10.0. The quantitative estimate of drug-likeness (QED) is 0.851. The molecule has 0 aromatic heterocycles. The van der Waals surface area contributed by atoms with Gasteiger partial charge in [-0.1, -0.05) is 12.1 Å². The van der Waals surface area contributed by atoms with E-state index >= 15 is 0 Å². The topological polar surface area (TPSA) is 38.7 Å². The lowest BCUT2D eigenvalue weighted by Crippen LogP contribution is -2.21. The van der Waals surface area contributed by atoms with Gasteiger partial charge in [-0.15, -0.1) is 0 Å². The van der Waals surface area contributed by atoms with Crippen molar-refractivity contribution < 1.29 is 14.6 Å². The van der Waals surface area contributed by atoms with Crippen LogP contribution < -0.4 is 4.74 Å². The third-order valence-corrected chi connectivity index (χ3v) is 3.02. The zero-order valence-corrected chi connectivity index (χ0v) is 10.1. The molecule has 1 aromatic carbocycles. The van der Waals surface area contributed by atoms with Gasteiger partial charge in [-0.25, -0.2) is 0 Å². The van der Waals surface area contributed by atoms with E-state index in [1.165, 1.54) is 24.8 Å².